The monoisotopic (exact) mass is 264 g/mol. The molecule has 6 heteroatoms. The molecule has 82 valence electrons. The highest BCUT2D eigenvalue weighted by atomic mass is 35.5. The van der Waals surface area contributed by atoms with E-state index in [-0.39, 0.29) is 11.2 Å². The van der Waals surface area contributed by atoms with Crippen LogP contribution in [0.1, 0.15) is 6.92 Å². The Labute approximate surface area is 102 Å². The van der Waals surface area contributed by atoms with Crippen molar-refractivity contribution in [3.05, 3.63) is 28.2 Å². The largest absolute Gasteiger partial charge is 0.293 e. The summed E-state index contributed by atoms with van der Waals surface area (Å²) in [5.74, 6) is 4.77. The lowest BCUT2D eigenvalue weighted by atomic mass is 10.4. The highest BCUT2D eigenvalue weighted by molar-refractivity contribution is 8.00. The molecule has 1 unspecified atom stereocenters. The van der Waals surface area contributed by atoms with Crippen LogP contribution in [0.4, 0.5) is 0 Å². The van der Waals surface area contributed by atoms with E-state index in [1.807, 2.05) is 0 Å². The van der Waals surface area contributed by atoms with Gasteiger partial charge in [-0.05, 0) is 25.1 Å². The molecule has 0 aliphatic carbocycles. The first-order chi connectivity index (χ1) is 7.04. The molecule has 1 atom stereocenters. The predicted molar refractivity (Wildman–Crippen MR) is 64.1 cm³/mol. The normalized spacial score (nSPS) is 12.3. The van der Waals surface area contributed by atoms with Crippen molar-refractivity contribution < 1.29 is 4.79 Å². The standard InChI is InChI=1S/C9H10Cl2N2OS/c1-5(9(14)13-12)15-8-4-6(10)2-3-7(8)11/h2-5H,12H2,1H3,(H,13,14). The third-order valence-corrected chi connectivity index (χ3v) is 3.54. The number of carbonyl (C=O) groups is 1. The van der Waals surface area contributed by atoms with Crippen molar-refractivity contribution in [1.82, 2.24) is 5.43 Å². The van der Waals surface area contributed by atoms with Crippen LogP contribution >= 0.6 is 35.0 Å². The van der Waals surface area contributed by atoms with Crippen LogP contribution in [-0.4, -0.2) is 11.2 Å². The summed E-state index contributed by atoms with van der Waals surface area (Å²) < 4.78 is 0. The van der Waals surface area contributed by atoms with Crippen molar-refractivity contribution in [2.45, 2.75) is 17.1 Å². The average Bonchev–Trinajstić information content (AvgIpc) is 2.22. The van der Waals surface area contributed by atoms with E-state index in [1.165, 1.54) is 11.8 Å². The Bertz CT molecular complexity index is 373. The van der Waals surface area contributed by atoms with Crippen molar-refractivity contribution in [2.24, 2.45) is 5.84 Å². The van der Waals surface area contributed by atoms with Gasteiger partial charge in [0.05, 0.1) is 10.3 Å². The van der Waals surface area contributed by atoms with Gasteiger partial charge in [0.25, 0.3) is 0 Å². The fourth-order valence-corrected chi connectivity index (χ4v) is 2.35. The summed E-state index contributed by atoms with van der Waals surface area (Å²) in [5.41, 5.74) is 2.08. The van der Waals surface area contributed by atoms with Crippen molar-refractivity contribution >= 4 is 40.9 Å². The minimum atomic E-state index is -0.314. The first-order valence-electron chi connectivity index (χ1n) is 4.16. The van der Waals surface area contributed by atoms with E-state index >= 15 is 0 Å². The molecule has 0 aliphatic rings. The summed E-state index contributed by atoms with van der Waals surface area (Å²) in [7, 11) is 0. The maximum absolute atomic E-state index is 11.2. The SMILES string of the molecule is CC(Sc1cc(Cl)ccc1Cl)C(=O)NN. The van der Waals surface area contributed by atoms with Crippen LogP contribution in [0.25, 0.3) is 0 Å². The van der Waals surface area contributed by atoms with Crippen LogP contribution < -0.4 is 11.3 Å². The number of rotatable bonds is 3. The Hall–Kier alpha value is -0.420. The van der Waals surface area contributed by atoms with E-state index in [4.69, 9.17) is 29.0 Å². The Morgan fingerprint density at radius 1 is 1.53 bits per heavy atom. The van der Waals surface area contributed by atoms with Gasteiger partial charge in [0.1, 0.15) is 0 Å². The molecule has 15 heavy (non-hydrogen) atoms. The second-order valence-corrected chi connectivity index (χ2v) is 5.07. The van der Waals surface area contributed by atoms with Gasteiger partial charge in [-0.1, -0.05) is 23.2 Å². The minimum Gasteiger partial charge on any atom is -0.293 e. The fraction of sp³-hybridized carbons (Fsp3) is 0.222. The molecule has 3 N–H and O–H groups in total. The highest BCUT2D eigenvalue weighted by Crippen LogP contribution is 2.32. The lowest BCUT2D eigenvalue weighted by molar-refractivity contribution is -0.120. The van der Waals surface area contributed by atoms with Gasteiger partial charge >= 0.3 is 0 Å². The lowest BCUT2D eigenvalue weighted by Gasteiger charge is -2.10. The van der Waals surface area contributed by atoms with E-state index in [0.29, 0.717) is 10.0 Å². The van der Waals surface area contributed by atoms with Gasteiger partial charge in [-0.15, -0.1) is 11.8 Å². The van der Waals surface area contributed by atoms with Gasteiger partial charge in [0.15, 0.2) is 0 Å². The smallest absolute Gasteiger partial charge is 0.247 e. The number of hydrogen-bond donors (Lipinski definition) is 2. The molecule has 0 heterocycles. The van der Waals surface area contributed by atoms with Gasteiger partial charge in [0, 0.05) is 9.92 Å². The van der Waals surface area contributed by atoms with Crippen LogP contribution in [0, 0.1) is 0 Å². The third-order valence-electron chi connectivity index (χ3n) is 1.71. The van der Waals surface area contributed by atoms with E-state index in [1.54, 1.807) is 25.1 Å². The summed E-state index contributed by atoms with van der Waals surface area (Å²) in [4.78, 5) is 11.9. The number of nitrogens with two attached hydrogens (primary N) is 1. The number of thioether (sulfide) groups is 1. The number of halogens is 2. The van der Waals surface area contributed by atoms with Gasteiger partial charge in [-0.3, -0.25) is 10.2 Å². The molecule has 0 spiro atoms. The summed E-state index contributed by atoms with van der Waals surface area (Å²) in [6, 6.07) is 5.11. The zero-order chi connectivity index (χ0) is 11.4. The van der Waals surface area contributed by atoms with Gasteiger partial charge in [-0.2, -0.15) is 0 Å². The van der Waals surface area contributed by atoms with Crippen LogP contribution in [0.2, 0.25) is 10.0 Å². The molecule has 0 aliphatic heterocycles. The molecule has 0 saturated carbocycles. The molecular formula is C9H10Cl2N2OS. The summed E-state index contributed by atoms with van der Waals surface area (Å²) in [5, 5.41) is 0.842. The Balaban J connectivity index is 2.80. The number of hydrogen-bond acceptors (Lipinski definition) is 3. The molecule has 1 rings (SSSR count). The van der Waals surface area contributed by atoms with Crippen molar-refractivity contribution in [3.63, 3.8) is 0 Å². The second kappa shape index (κ2) is 5.61. The number of amides is 1. The molecule has 1 aromatic carbocycles. The number of hydrazine groups is 1. The maximum Gasteiger partial charge on any atom is 0.247 e. The van der Waals surface area contributed by atoms with Crippen LogP contribution in [0.5, 0.6) is 0 Å². The zero-order valence-electron chi connectivity index (χ0n) is 7.96. The van der Waals surface area contributed by atoms with Crippen LogP contribution in [-0.2, 0) is 4.79 Å². The van der Waals surface area contributed by atoms with E-state index in [9.17, 15) is 4.79 Å². The molecule has 0 aromatic heterocycles. The first-order valence-corrected chi connectivity index (χ1v) is 5.80. The fourth-order valence-electron chi connectivity index (χ4n) is 0.929. The van der Waals surface area contributed by atoms with E-state index in [0.717, 1.165) is 4.90 Å². The summed E-state index contributed by atoms with van der Waals surface area (Å²) >= 11 is 13.1. The van der Waals surface area contributed by atoms with Crippen LogP contribution in [0.15, 0.2) is 23.1 Å². The van der Waals surface area contributed by atoms with Crippen LogP contribution in [0.3, 0.4) is 0 Å². The van der Waals surface area contributed by atoms with E-state index < -0.39 is 0 Å². The zero-order valence-corrected chi connectivity index (χ0v) is 10.3. The van der Waals surface area contributed by atoms with Crippen molar-refractivity contribution in [3.8, 4) is 0 Å². The minimum absolute atomic E-state index is 0.254. The summed E-state index contributed by atoms with van der Waals surface area (Å²) in [6.07, 6.45) is 0. The topological polar surface area (TPSA) is 55.1 Å². The number of nitrogens with one attached hydrogen (secondary N) is 1. The van der Waals surface area contributed by atoms with Gasteiger partial charge in [-0.25, -0.2) is 5.84 Å². The molecular weight excluding hydrogens is 255 g/mol. The summed E-state index contributed by atoms with van der Waals surface area (Å²) in [6.45, 7) is 1.74. The predicted octanol–water partition coefficient (Wildman–Crippen LogP) is 2.46. The van der Waals surface area contributed by atoms with E-state index in [2.05, 4.69) is 5.43 Å². The van der Waals surface area contributed by atoms with Crippen molar-refractivity contribution in [1.29, 1.82) is 0 Å². The average molecular weight is 265 g/mol. The molecule has 3 nitrogen and oxygen atoms in total. The molecule has 0 radical (unpaired) electrons. The van der Waals surface area contributed by atoms with Gasteiger partial charge < -0.3 is 0 Å². The number of carbonyl (C=O) groups excluding carboxylic acids is 1. The third kappa shape index (κ3) is 3.57. The Morgan fingerprint density at radius 2 is 2.20 bits per heavy atom. The molecule has 1 aromatic rings. The maximum atomic E-state index is 11.2. The first kappa shape index (κ1) is 12.6. The lowest BCUT2D eigenvalue weighted by Crippen LogP contribution is -2.36. The number of benzene rings is 1. The van der Waals surface area contributed by atoms with Crippen molar-refractivity contribution in [2.75, 3.05) is 0 Å². The molecule has 0 saturated heterocycles. The quantitative estimate of drug-likeness (QED) is 0.382. The van der Waals surface area contributed by atoms with Gasteiger partial charge in [0.2, 0.25) is 5.91 Å². The highest BCUT2D eigenvalue weighted by Gasteiger charge is 2.14. The Kier molecular flexibility index (Phi) is 4.73. The molecule has 0 fully saturated rings. The molecule has 0 bridgehead atoms. The molecule has 1 amide bonds. The Morgan fingerprint density at radius 3 is 2.80 bits per heavy atom. The second-order valence-electron chi connectivity index (χ2n) is 2.84.